The number of carbonyl (C=O) groups excluding carboxylic acids is 1. The summed E-state index contributed by atoms with van der Waals surface area (Å²) in [6.07, 6.45) is 10.8. The Labute approximate surface area is 205 Å². The summed E-state index contributed by atoms with van der Waals surface area (Å²) < 4.78 is 19.5. The molecule has 2 aromatic rings. The van der Waals surface area contributed by atoms with Crippen LogP contribution in [-0.2, 0) is 17.6 Å². The summed E-state index contributed by atoms with van der Waals surface area (Å²) >= 11 is 3.29. The Morgan fingerprint density at radius 1 is 1.21 bits per heavy atom. The molecule has 2 aliphatic carbocycles. The fourth-order valence-electron chi connectivity index (χ4n) is 6.00. The molecule has 0 aromatic carbocycles. The summed E-state index contributed by atoms with van der Waals surface area (Å²) in [5.74, 6) is 0.311. The van der Waals surface area contributed by atoms with Gasteiger partial charge >= 0.3 is 5.97 Å². The molecule has 2 unspecified atom stereocenters. The van der Waals surface area contributed by atoms with Crippen molar-refractivity contribution in [3.05, 3.63) is 44.3 Å². The number of hydrogen-bond donors (Lipinski definition) is 1. The monoisotopic (exact) mass is 492 g/mol. The molecule has 2 aliphatic rings. The van der Waals surface area contributed by atoms with Crippen molar-refractivity contribution < 1.29 is 19.0 Å². The lowest BCUT2D eigenvalue weighted by atomic mass is 9.62. The minimum Gasteiger partial charge on any atom is -0.465 e. The third-order valence-corrected chi connectivity index (χ3v) is 10.1. The lowest BCUT2D eigenvalue weighted by molar-refractivity contribution is -0.0406. The molecule has 2 fully saturated rings. The largest absolute Gasteiger partial charge is 0.465 e. The Hall–Kier alpha value is -1.24. The molecule has 3 nitrogen and oxygen atoms in total. The number of carbonyl (C=O) groups is 1. The molecular formula is C27H37FO3S2. The molecule has 2 aromatic heterocycles. The number of ether oxygens (including phenoxy) is 1. The predicted molar refractivity (Wildman–Crippen MR) is 134 cm³/mol. The number of aliphatic hydroxyl groups is 1. The molecule has 182 valence electrons. The van der Waals surface area contributed by atoms with Crippen LogP contribution in [0.4, 0.5) is 4.39 Å². The van der Waals surface area contributed by atoms with Gasteiger partial charge in [-0.1, -0.05) is 18.9 Å². The first-order valence-electron chi connectivity index (χ1n) is 12.5. The van der Waals surface area contributed by atoms with Crippen LogP contribution >= 0.6 is 22.7 Å². The van der Waals surface area contributed by atoms with Gasteiger partial charge in [0.1, 0.15) is 11.0 Å². The van der Waals surface area contributed by atoms with Gasteiger partial charge in [-0.25, -0.2) is 9.18 Å². The predicted octanol–water partition coefficient (Wildman–Crippen LogP) is 7.23. The summed E-state index contributed by atoms with van der Waals surface area (Å²) in [6, 6.07) is 8.12. The van der Waals surface area contributed by atoms with Gasteiger partial charge in [-0.05, 0) is 99.6 Å². The van der Waals surface area contributed by atoms with Gasteiger partial charge in [0, 0.05) is 15.2 Å². The molecule has 0 aliphatic heterocycles. The van der Waals surface area contributed by atoms with Crippen molar-refractivity contribution in [3.8, 4) is 0 Å². The van der Waals surface area contributed by atoms with E-state index in [9.17, 15) is 14.3 Å². The second kappa shape index (κ2) is 11.5. The van der Waals surface area contributed by atoms with Crippen molar-refractivity contribution in [2.75, 3.05) is 7.11 Å². The van der Waals surface area contributed by atoms with Crippen molar-refractivity contribution in [3.63, 3.8) is 0 Å². The van der Waals surface area contributed by atoms with Crippen molar-refractivity contribution in [2.45, 2.75) is 89.3 Å². The third-order valence-electron chi connectivity index (χ3n) is 8.11. The number of rotatable bonds is 12. The van der Waals surface area contributed by atoms with Gasteiger partial charge in [-0.15, -0.1) is 22.7 Å². The van der Waals surface area contributed by atoms with Gasteiger partial charge in [0.2, 0.25) is 0 Å². The molecule has 0 amide bonds. The lowest BCUT2D eigenvalue weighted by Gasteiger charge is -2.46. The summed E-state index contributed by atoms with van der Waals surface area (Å²) in [6.45, 7) is 0. The van der Waals surface area contributed by atoms with Gasteiger partial charge in [0.05, 0.1) is 13.2 Å². The highest BCUT2D eigenvalue weighted by molar-refractivity contribution is 7.13. The Morgan fingerprint density at radius 2 is 2.06 bits per heavy atom. The SMILES string of the molecule is COC(=O)c1ccc(CCC[C@H]2CC[C@H](F)C2CCCC(O)C2(Cc3cccs3)CCC2)s1. The number of aliphatic hydroxyl groups excluding tert-OH is 1. The standard InChI is InChI=1S/C27H37FO3S2/c1-31-26(30)24-14-12-20(33-24)7-2-6-19-11-13-23(28)22(19)9-3-10-25(29)27(15-5-16-27)18-21-8-4-17-32-21/h4,8,12,14,17,19,22-23,25,29H,2-3,5-7,9-11,13,15-16,18H2,1H3/t19-,22?,23-,25?/m0/s1. The van der Waals surface area contributed by atoms with Gasteiger partial charge in [-0.2, -0.15) is 0 Å². The first kappa shape index (κ1) is 24.9. The zero-order valence-electron chi connectivity index (χ0n) is 19.6. The normalized spacial score (nSPS) is 25.0. The third kappa shape index (κ3) is 6.07. The van der Waals surface area contributed by atoms with E-state index in [1.165, 1.54) is 34.6 Å². The Bertz CT molecular complexity index is 874. The van der Waals surface area contributed by atoms with E-state index in [1.807, 2.05) is 12.1 Å². The van der Waals surface area contributed by atoms with Crippen LogP contribution in [0.5, 0.6) is 0 Å². The van der Waals surface area contributed by atoms with Gasteiger partial charge in [-0.3, -0.25) is 0 Å². The highest BCUT2D eigenvalue weighted by Gasteiger charge is 2.43. The van der Waals surface area contributed by atoms with E-state index < -0.39 is 6.17 Å². The van der Waals surface area contributed by atoms with Crippen molar-refractivity contribution >= 4 is 28.6 Å². The molecule has 4 atom stereocenters. The van der Waals surface area contributed by atoms with Crippen LogP contribution in [-0.4, -0.2) is 30.5 Å². The number of aryl methyl sites for hydroxylation is 1. The van der Waals surface area contributed by atoms with Crippen LogP contribution in [0.2, 0.25) is 0 Å². The van der Waals surface area contributed by atoms with Crippen LogP contribution in [0.1, 0.15) is 83.6 Å². The van der Waals surface area contributed by atoms with Crippen molar-refractivity contribution in [2.24, 2.45) is 17.3 Å². The van der Waals surface area contributed by atoms with Crippen LogP contribution in [0.3, 0.4) is 0 Å². The van der Waals surface area contributed by atoms with E-state index in [0.29, 0.717) is 17.2 Å². The van der Waals surface area contributed by atoms with Gasteiger partial charge < -0.3 is 9.84 Å². The molecule has 2 saturated carbocycles. The Morgan fingerprint density at radius 3 is 2.76 bits per heavy atom. The highest BCUT2D eigenvalue weighted by Crippen LogP contribution is 2.49. The average molecular weight is 493 g/mol. The molecular weight excluding hydrogens is 455 g/mol. The van der Waals surface area contributed by atoms with Crippen molar-refractivity contribution in [1.29, 1.82) is 0 Å². The van der Waals surface area contributed by atoms with Crippen LogP contribution in [0.15, 0.2) is 29.6 Å². The van der Waals surface area contributed by atoms with Gasteiger partial charge in [0.25, 0.3) is 0 Å². The van der Waals surface area contributed by atoms with Gasteiger partial charge in [0.15, 0.2) is 0 Å². The number of alkyl halides is 1. The summed E-state index contributed by atoms with van der Waals surface area (Å²) in [5, 5.41) is 13.1. The van der Waals surface area contributed by atoms with E-state index in [0.717, 1.165) is 64.2 Å². The Kier molecular flexibility index (Phi) is 8.64. The number of halogens is 1. The maximum Gasteiger partial charge on any atom is 0.348 e. The summed E-state index contributed by atoms with van der Waals surface area (Å²) in [4.78, 5) is 14.8. The minimum absolute atomic E-state index is 0.0544. The first-order chi connectivity index (χ1) is 16.0. The zero-order valence-corrected chi connectivity index (χ0v) is 21.3. The maximum atomic E-state index is 14.7. The fraction of sp³-hybridized carbons (Fsp3) is 0.667. The second-order valence-corrected chi connectivity index (χ2v) is 12.3. The van der Waals surface area contributed by atoms with E-state index in [1.54, 1.807) is 11.3 Å². The quantitative estimate of drug-likeness (QED) is 0.318. The minimum atomic E-state index is -0.691. The molecule has 6 heteroatoms. The number of methoxy groups -OCH3 is 1. The Balaban J connectivity index is 1.21. The molecule has 33 heavy (non-hydrogen) atoms. The molecule has 0 spiro atoms. The lowest BCUT2D eigenvalue weighted by Crippen LogP contribution is -2.43. The average Bonchev–Trinajstić information content (AvgIpc) is 3.53. The van der Waals surface area contributed by atoms with Crippen LogP contribution < -0.4 is 0 Å². The maximum absolute atomic E-state index is 14.7. The molecule has 0 radical (unpaired) electrons. The molecule has 1 N–H and O–H groups in total. The molecule has 2 heterocycles. The fourth-order valence-corrected chi connectivity index (χ4v) is 7.83. The first-order valence-corrected chi connectivity index (χ1v) is 14.2. The van der Waals surface area contributed by atoms with Crippen LogP contribution in [0, 0.1) is 17.3 Å². The molecule has 4 rings (SSSR count). The van der Waals surface area contributed by atoms with E-state index in [4.69, 9.17) is 4.74 Å². The topological polar surface area (TPSA) is 46.5 Å². The van der Waals surface area contributed by atoms with E-state index in [-0.39, 0.29) is 23.4 Å². The smallest absolute Gasteiger partial charge is 0.348 e. The highest BCUT2D eigenvalue weighted by atomic mass is 32.1. The summed E-state index contributed by atoms with van der Waals surface area (Å²) in [5.41, 5.74) is 0.0544. The molecule has 0 saturated heterocycles. The van der Waals surface area contributed by atoms with E-state index in [2.05, 4.69) is 17.5 Å². The molecule has 0 bridgehead atoms. The number of thiophene rings is 2. The van der Waals surface area contributed by atoms with Crippen molar-refractivity contribution in [1.82, 2.24) is 0 Å². The summed E-state index contributed by atoms with van der Waals surface area (Å²) in [7, 11) is 1.41. The zero-order chi connectivity index (χ0) is 23.3. The number of hydrogen-bond acceptors (Lipinski definition) is 5. The number of esters is 1. The van der Waals surface area contributed by atoms with E-state index >= 15 is 0 Å². The van der Waals surface area contributed by atoms with Crippen LogP contribution in [0.25, 0.3) is 0 Å². The second-order valence-electron chi connectivity index (χ2n) is 10.1.